The molecule has 0 saturated carbocycles. The molecule has 0 spiro atoms. The minimum atomic E-state index is -0.995. The molecule has 1 saturated heterocycles. The van der Waals surface area contributed by atoms with Crippen molar-refractivity contribution >= 4 is 35.1 Å². The fourth-order valence-electron chi connectivity index (χ4n) is 3.52. The standard InChI is InChI=1S/C22H21N3O7/c26-19-9-14(11-25(19)16-5-6-17-18(10-16)32-12-31-17)22(30)24-15-3-1-13(2-4-15)21(29)23-8-7-20(27)28/h1-6,10,14H,7-9,11-12H2,(H,23,29)(H,24,30)(H,27,28). The summed E-state index contributed by atoms with van der Waals surface area (Å²) < 4.78 is 10.6. The summed E-state index contributed by atoms with van der Waals surface area (Å²) in [6.07, 6.45) is -0.0758. The highest BCUT2D eigenvalue weighted by atomic mass is 16.7. The molecule has 0 bridgehead atoms. The largest absolute Gasteiger partial charge is 0.481 e. The summed E-state index contributed by atoms with van der Waals surface area (Å²) >= 11 is 0. The zero-order chi connectivity index (χ0) is 22.7. The summed E-state index contributed by atoms with van der Waals surface area (Å²) in [5, 5.41) is 13.9. The Hall–Kier alpha value is -4.08. The van der Waals surface area contributed by atoms with E-state index in [1.165, 1.54) is 12.1 Å². The Labute approximate surface area is 183 Å². The summed E-state index contributed by atoms with van der Waals surface area (Å²) in [5.74, 6) is -1.18. The molecule has 10 heteroatoms. The molecule has 166 valence electrons. The molecule has 4 rings (SSSR count). The quantitative estimate of drug-likeness (QED) is 0.597. The van der Waals surface area contributed by atoms with Crippen LogP contribution in [-0.4, -0.2) is 48.7 Å². The van der Waals surface area contributed by atoms with Crippen LogP contribution in [0.1, 0.15) is 23.2 Å². The minimum Gasteiger partial charge on any atom is -0.481 e. The third-order valence-electron chi connectivity index (χ3n) is 5.20. The number of aliphatic carboxylic acids is 1. The highest BCUT2D eigenvalue weighted by Gasteiger charge is 2.35. The lowest BCUT2D eigenvalue weighted by Crippen LogP contribution is -2.28. The fourth-order valence-corrected chi connectivity index (χ4v) is 3.52. The van der Waals surface area contributed by atoms with Gasteiger partial charge in [-0.25, -0.2) is 0 Å². The molecule has 1 unspecified atom stereocenters. The van der Waals surface area contributed by atoms with Crippen LogP contribution in [0.3, 0.4) is 0 Å². The van der Waals surface area contributed by atoms with Gasteiger partial charge in [0, 0.05) is 42.5 Å². The lowest BCUT2D eigenvalue weighted by atomic mass is 10.1. The minimum absolute atomic E-state index is 0.0300. The summed E-state index contributed by atoms with van der Waals surface area (Å²) in [6.45, 7) is 0.414. The second kappa shape index (κ2) is 8.96. The van der Waals surface area contributed by atoms with E-state index >= 15 is 0 Å². The number of rotatable bonds is 7. The first-order chi connectivity index (χ1) is 15.4. The molecule has 0 aromatic heterocycles. The topological polar surface area (TPSA) is 134 Å². The average molecular weight is 439 g/mol. The predicted octanol–water partition coefficient (Wildman–Crippen LogP) is 1.61. The van der Waals surface area contributed by atoms with Gasteiger partial charge in [-0.05, 0) is 36.4 Å². The Bertz CT molecular complexity index is 1070. The zero-order valence-corrected chi connectivity index (χ0v) is 17.0. The smallest absolute Gasteiger partial charge is 0.305 e. The van der Waals surface area contributed by atoms with Gasteiger partial charge >= 0.3 is 5.97 Å². The zero-order valence-electron chi connectivity index (χ0n) is 17.0. The average Bonchev–Trinajstić information content (AvgIpc) is 3.39. The van der Waals surface area contributed by atoms with E-state index in [-0.39, 0.29) is 44.5 Å². The first-order valence-corrected chi connectivity index (χ1v) is 10.0. The molecule has 10 nitrogen and oxygen atoms in total. The summed E-state index contributed by atoms with van der Waals surface area (Å²) in [7, 11) is 0. The van der Waals surface area contributed by atoms with Crippen molar-refractivity contribution in [3.63, 3.8) is 0 Å². The van der Waals surface area contributed by atoms with Gasteiger partial charge < -0.3 is 30.1 Å². The number of fused-ring (bicyclic) bond motifs is 1. The number of benzene rings is 2. The lowest BCUT2D eigenvalue weighted by molar-refractivity contribution is -0.136. The van der Waals surface area contributed by atoms with Gasteiger partial charge in [-0.1, -0.05) is 0 Å². The maximum atomic E-state index is 12.7. The van der Waals surface area contributed by atoms with Crippen LogP contribution in [0.4, 0.5) is 11.4 Å². The number of carbonyl (C=O) groups excluding carboxylic acids is 3. The van der Waals surface area contributed by atoms with Gasteiger partial charge in [0.1, 0.15) is 0 Å². The number of ether oxygens (including phenoxy) is 2. The summed E-state index contributed by atoms with van der Waals surface area (Å²) in [5.41, 5.74) is 1.48. The molecule has 0 radical (unpaired) electrons. The van der Waals surface area contributed by atoms with E-state index in [0.717, 1.165) is 0 Å². The van der Waals surface area contributed by atoms with E-state index in [1.54, 1.807) is 35.2 Å². The highest BCUT2D eigenvalue weighted by Crippen LogP contribution is 2.37. The van der Waals surface area contributed by atoms with E-state index in [1.807, 2.05) is 0 Å². The van der Waals surface area contributed by atoms with Gasteiger partial charge in [0.05, 0.1) is 12.3 Å². The lowest BCUT2D eigenvalue weighted by Gasteiger charge is -2.17. The molecular weight excluding hydrogens is 418 g/mol. The first kappa shape index (κ1) is 21.2. The molecule has 1 fully saturated rings. The van der Waals surface area contributed by atoms with E-state index in [9.17, 15) is 19.2 Å². The van der Waals surface area contributed by atoms with Crippen molar-refractivity contribution in [1.82, 2.24) is 5.32 Å². The number of anilines is 2. The summed E-state index contributed by atoms with van der Waals surface area (Å²) in [4.78, 5) is 49.2. The van der Waals surface area contributed by atoms with Crippen LogP contribution < -0.4 is 25.0 Å². The predicted molar refractivity (Wildman–Crippen MR) is 113 cm³/mol. The molecule has 1 atom stereocenters. The fraction of sp³-hybridized carbons (Fsp3) is 0.273. The molecule has 2 aromatic carbocycles. The molecule has 2 aliphatic rings. The van der Waals surface area contributed by atoms with Crippen molar-refractivity contribution in [3.8, 4) is 11.5 Å². The second-order valence-corrected chi connectivity index (χ2v) is 7.41. The molecule has 2 aromatic rings. The number of nitrogens with one attached hydrogen (secondary N) is 2. The van der Waals surface area contributed by atoms with Crippen LogP contribution in [0, 0.1) is 5.92 Å². The number of hydrogen-bond acceptors (Lipinski definition) is 6. The number of carbonyl (C=O) groups is 4. The number of nitrogens with zero attached hydrogens (tertiary/aromatic N) is 1. The molecule has 3 N–H and O–H groups in total. The maximum Gasteiger partial charge on any atom is 0.305 e. The van der Waals surface area contributed by atoms with Crippen LogP contribution in [0.2, 0.25) is 0 Å². The number of carboxylic acid groups (broad SMARTS) is 1. The normalized spacial score (nSPS) is 16.7. The van der Waals surface area contributed by atoms with E-state index < -0.39 is 17.8 Å². The maximum absolute atomic E-state index is 12.7. The summed E-state index contributed by atoms with van der Waals surface area (Å²) in [6, 6.07) is 11.4. The van der Waals surface area contributed by atoms with Gasteiger partial charge in [-0.2, -0.15) is 0 Å². The van der Waals surface area contributed by atoms with Crippen molar-refractivity contribution in [2.45, 2.75) is 12.8 Å². The first-order valence-electron chi connectivity index (χ1n) is 10.0. The third-order valence-corrected chi connectivity index (χ3v) is 5.20. The van der Waals surface area contributed by atoms with Crippen LogP contribution in [-0.2, 0) is 14.4 Å². The Morgan fingerprint density at radius 1 is 1.06 bits per heavy atom. The van der Waals surface area contributed by atoms with Crippen molar-refractivity contribution in [2.24, 2.45) is 5.92 Å². The van der Waals surface area contributed by atoms with Crippen LogP contribution >= 0.6 is 0 Å². The van der Waals surface area contributed by atoms with Gasteiger partial charge in [0.15, 0.2) is 11.5 Å². The van der Waals surface area contributed by atoms with Crippen molar-refractivity contribution in [1.29, 1.82) is 0 Å². The Morgan fingerprint density at radius 3 is 2.56 bits per heavy atom. The monoisotopic (exact) mass is 439 g/mol. The van der Waals surface area contributed by atoms with Crippen LogP contribution in [0.5, 0.6) is 11.5 Å². The SMILES string of the molecule is O=C(O)CCNC(=O)c1ccc(NC(=O)C2CC(=O)N(c3ccc4c(c3)OCO4)C2)cc1. The third kappa shape index (κ3) is 4.64. The van der Waals surface area contributed by atoms with E-state index in [2.05, 4.69) is 10.6 Å². The Balaban J connectivity index is 1.33. The molecule has 2 heterocycles. The molecular formula is C22H21N3O7. The van der Waals surface area contributed by atoms with Gasteiger partial charge in [-0.3, -0.25) is 19.2 Å². The molecule has 0 aliphatic carbocycles. The number of hydrogen-bond donors (Lipinski definition) is 3. The van der Waals surface area contributed by atoms with Crippen LogP contribution in [0.25, 0.3) is 0 Å². The van der Waals surface area contributed by atoms with E-state index in [4.69, 9.17) is 14.6 Å². The van der Waals surface area contributed by atoms with Crippen molar-refractivity contribution < 1.29 is 33.8 Å². The van der Waals surface area contributed by atoms with Gasteiger partial charge in [-0.15, -0.1) is 0 Å². The van der Waals surface area contributed by atoms with Gasteiger partial charge in [0.25, 0.3) is 5.91 Å². The van der Waals surface area contributed by atoms with E-state index in [0.29, 0.717) is 28.4 Å². The second-order valence-electron chi connectivity index (χ2n) is 7.41. The Kier molecular flexibility index (Phi) is 5.93. The number of amides is 3. The molecule has 2 aliphatic heterocycles. The van der Waals surface area contributed by atoms with Crippen molar-refractivity contribution in [3.05, 3.63) is 48.0 Å². The molecule has 32 heavy (non-hydrogen) atoms. The Morgan fingerprint density at radius 2 is 1.81 bits per heavy atom. The van der Waals surface area contributed by atoms with Gasteiger partial charge in [0.2, 0.25) is 18.6 Å². The highest BCUT2D eigenvalue weighted by molar-refractivity contribution is 6.04. The van der Waals surface area contributed by atoms with Crippen molar-refractivity contribution in [2.75, 3.05) is 30.1 Å². The van der Waals surface area contributed by atoms with Crippen LogP contribution in [0.15, 0.2) is 42.5 Å². The number of carboxylic acids is 1. The molecule has 3 amide bonds.